The van der Waals surface area contributed by atoms with Gasteiger partial charge in [-0.05, 0) is 61.9 Å². The van der Waals surface area contributed by atoms with E-state index in [0.29, 0.717) is 49.6 Å². The van der Waals surface area contributed by atoms with Crippen LogP contribution in [0.15, 0.2) is 30.4 Å². The van der Waals surface area contributed by atoms with Crippen LogP contribution in [0.2, 0.25) is 0 Å². The maximum absolute atomic E-state index is 13.7. The molecule has 3 rings (SSSR count). The van der Waals surface area contributed by atoms with Crippen molar-refractivity contribution in [2.45, 2.75) is 104 Å². The van der Waals surface area contributed by atoms with Crippen molar-refractivity contribution < 1.29 is 14.4 Å². The Kier molecular flexibility index (Phi) is 12.5. The van der Waals surface area contributed by atoms with Crippen LogP contribution in [-0.2, 0) is 20.8 Å². The lowest BCUT2D eigenvalue weighted by Crippen LogP contribution is -2.44. The number of carbonyl (C=O) groups excluding carboxylic acids is 3. The first-order chi connectivity index (χ1) is 19.1. The highest BCUT2D eigenvalue weighted by molar-refractivity contribution is 7.18. The minimum absolute atomic E-state index is 0.0663. The fourth-order valence-corrected chi connectivity index (χ4v) is 6.77. The van der Waals surface area contributed by atoms with E-state index in [2.05, 4.69) is 62.7 Å². The Hall–Kier alpha value is -2.38. The van der Waals surface area contributed by atoms with Gasteiger partial charge in [-0.15, -0.1) is 11.3 Å². The molecule has 0 saturated heterocycles. The van der Waals surface area contributed by atoms with Gasteiger partial charge in [0.1, 0.15) is 5.78 Å². The van der Waals surface area contributed by atoms with Crippen molar-refractivity contribution in [3.05, 3.63) is 40.9 Å². The Morgan fingerprint density at radius 2 is 1.82 bits per heavy atom. The van der Waals surface area contributed by atoms with E-state index in [1.54, 1.807) is 11.3 Å². The minimum atomic E-state index is -0.463. The zero-order valence-corrected chi connectivity index (χ0v) is 26.1. The van der Waals surface area contributed by atoms with E-state index < -0.39 is 5.92 Å². The van der Waals surface area contributed by atoms with Crippen molar-refractivity contribution >= 4 is 39.0 Å². The molecular formula is C33H49N3O3S. The van der Waals surface area contributed by atoms with Gasteiger partial charge in [0.25, 0.3) is 0 Å². The third-order valence-electron chi connectivity index (χ3n) is 8.47. The van der Waals surface area contributed by atoms with E-state index in [-0.39, 0.29) is 29.9 Å². The summed E-state index contributed by atoms with van der Waals surface area (Å²) in [7, 11) is 0. The number of aromatic nitrogens is 1. The summed E-state index contributed by atoms with van der Waals surface area (Å²) in [5.41, 5.74) is 2.85. The summed E-state index contributed by atoms with van der Waals surface area (Å²) in [5.74, 6) is 0.419. The van der Waals surface area contributed by atoms with Crippen LogP contribution in [-0.4, -0.2) is 53.0 Å². The Balaban J connectivity index is 1.72. The highest BCUT2D eigenvalue weighted by Crippen LogP contribution is 2.31. The molecule has 1 N–H and O–H groups in total. The van der Waals surface area contributed by atoms with Crippen LogP contribution in [0.5, 0.6) is 0 Å². The van der Waals surface area contributed by atoms with Gasteiger partial charge in [-0.25, -0.2) is 4.98 Å². The van der Waals surface area contributed by atoms with Crippen molar-refractivity contribution in [1.82, 2.24) is 15.2 Å². The number of Topliss-reactive ketones (excluding diaryl/α,β-unsaturated/α-hetero) is 2. The van der Waals surface area contributed by atoms with Crippen molar-refractivity contribution in [2.75, 3.05) is 19.6 Å². The number of ketones is 2. The number of amides is 1. The molecule has 2 atom stereocenters. The maximum atomic E-state index is 13.7. The van der Waals surface area contributed by atoms with Crippen LogP contribution in [0.4, 0.5) is 0 Å². The van der Waals surface area contributed by atoms with Gasteiger partial charge in [0.2, 0.25) is 5.91 Å². The first kappa shape index (κ1) is 32.1. The Morgan fingerprint density at radius 1 is 1.12 bits per heavy atom. The second kappa shape index (κ2) is 15.6. The molecule has 1 aromatic heterocycles. The minimum Gasteiger partial charge on any atom is -0.353 e. The second-order valence-electron chi connectivity index (χ2n) is 11.7. The van der Waals surface area contributed by atoms with E-state index in [4.69, 9.17) is 4.98 Å². The fourth-order valence-electron chi connectivity index (χ4n) is 5.68. The summed E-state index contributed by atoms with van der Waals surface area (Å²) in [4.78, 5) is 46.2. The third-order valence-corrected chi connectivity index (χ3v) is 9.51. The van der Waals surface area contributed by atoms with Crippen molar-refractivity contribution in [2.24, 2.45) is 11.8 Å². The van der Waals surface area contributed by atoms with Crippen LogP contribution in [0, 0.1) is 11.8 Å². The summed E-state index contributed by atoms with van der Waals surface area (Å²) >= 11 is 1.62. The molecule has 0 spiro atoms. The van der Waals surface area contributed by atoms with Crippen LogP contribution in [0.3, 0.4) is 0 Å². The topological polar surface area (TPSA) is 79.4 Å². The van der Waals surface area contributed by atoms with Crippen molar-refractivity contribution in [3.63, 3.8) is 0 Å². The third kappa shape index (κ3) is 9.07. The first-order valence-corrected chi connectivity index (χ1v) is 16.1. The van der Waals surface area contributed by atoms with Gasteiger partial charge in [0, 0.05) is 43.8 Å². The fraction of sp³-hybridized carbons (Fsp3) is 0.636. The zero-order chi connectivity index (χ0) is 29.2. The highest BCUT2D eigenvalue weighted by atomic mass is 32.1. The quantitative estimate of drug-likeness (QED) is 0.211. The molecule has 1 aliphatic rings. The van der Waals surface area contributed by atoms with E-state index >= 15 is 0 Å². The van der Waals surface area contributed by atoms with Gasteiger partial charge >= 0.3 is 0 Å². The number of nitrogens with one attached hydrogen (secondary N) is 1. The number of benzene rings is 1. The summed E-state index contributed by atoms with van der Waals surface area (Å²) in [6.07, 6.45) is 6.51. The molecule has 1 aromatic carbocycles. The molecule has 1 heterocycles. The molecule has 6 nitrogen and oxygen atoms in total. The van der Waals surface area contributed by atoms with E-state index in [1.807, 2.05) is 6.92 Å². The van der Waals surface area contributed by atoms with Gasteiger partial charge in [-0.1, -0.05) is 60.1 Å². The monoisotopic (exact) mass is 567 g/mol. The first-order valence-electron chi connectivity index (χ1n) is 15.3. The number of carbonyl (C=O) groups is 3. The summed E-state index contributed by atoms with van der Waals surface area (Å²) in [5, 5.41) is 4.21. The van der Waals surface area contributed by atoms with E-state index in [9.17, 15) is 14.4 Å². The highest BCUT2D eigenvalue weighted by Gasteiger charge is 2.31. The smallest absolute Gasteiger partial charge is 0.224 e. The number of hydrogen-bond acceptors (Lipinski definition) is 6. The van der Waals surface area contributed by atoms with E-state index in [1.165, 1.54) is 5.56 Å². The largest absolute Gasteiger partial charge is 0.353 e. The lowest BCUT2D eigenvalue weighted by atomic mass is 9.90. The molecule has 1 amide bonds. The Labute approximate surface area is 245 Å². The molecule has 2 aromatic rings. The van der Waals surface area contributed by atoms with Crippen LogP contribution < -0.4 is 5.32 Å². The summed E-state index contributed by atoms with van der Waals surface area (Å²) in [6, 6.07) is 6.29. The average molecular weight is 568 g/mol. The number of fused-ring (bicyclic) bond motifs is 1. The SMILES string of the molecule is C=C(CN(CC)CC)C(=O)CC[C@@H](NC(=O)[C@@H](CC(=O)CC)Cc1nc2ccc(C(C)C)cc2s1)C1CCCC1. The van der Waals surface area contributed by atoms with Gasteiger partial charge in [0.05, 0.1) is 21.1 Å². The lowest BCUT2D eigenvalue weighted by Gasteiger charge is -2.27. The second-order valence-corrected chi connectivity index (χ2v) is 12.8. The number of thiazole rings is 1. The Bertz CT molecular complexity index is 1160. The van der Waals surface area contributed by atoms with Crippen LogP contribution in [0.1, 0.15) is 102 Å². The number of nitrogens with zero attached hydrogens (tertiary/aromatic N) is 2. The molecule has 1 saturated carbocycles. The zero-order valence-electron chi connectivity index (χ0n) is 25.3. The normalized spacial score (nSPS) is 15.6. The van der Waals surface area contributed by atoms with Gasteiger partial charge < -0.3 is 5.32 Å². The molecule has 0 unspecified atom stereocenters. The molecule has 0 bridgehead atoms. The molecule has 220 valence electrons. The lowest BCUT2D eigenvalue weighted by molar-refractivity contribution is -0.130. The number of rotatable bonds is 17. The van der Waals surface area contributed by atoms with Gasteiger partial charge in [-0.3, -0.25) is 19.3 Å². The summed E-state index contributed by atoms with van der Waals surface area (Å²) in [6.45, 7) is 16.8. The molecule has 0 radical (unpaired) electrons. The average Bonchev–Trinajstić information content (AvgIpc) is 3.62. The van der Waals surface area contributed by atoms with E-state index in [0.717, 1.165) is 54.0 Å². The predicted octanol–water partition coefficient (Wildman–Crippen LogP) is 6.87. The molecule has 1 aliphatic carbocycles. The predicted molar refractivity (Wildman–Crippen MR) is 166 cm³/mol. The standard InChI is InChI=1S/C33H49N3O3S/c1-7-27(37)18-26(20-32-34-29-15-14-25(22(4)5)19-31(29)40-32)33(39)35-28(24-12-10-11-13-24)16-17-30(38)23(6)21-36(8-2)9-3/h14-15,19,22,24,26,28H,6-13,16-18,20-21H2,1-5H3,(H,35,39)/t26-,28+/m0/s1. The molecular weight excluding hydrogens is 518 g/mol. The number of likely N-dealkylation sites (N-methyl/N-ethyl adjacent to an activating group) is 1. The molecule has 1 fully saturated rings. The van der Waals surface area contributed by atoms with Crippen molar-refractivity contribution in [1.29, 1.82) is 0 Å². The van der Waals surface area contributed by atoms with Crippen LogP contribution >= 0.6 is 11.3 Å². The molecule has 40 heavy (non-hydrogen) atoms. The Morgan fingerprint density at radius 3 is 2.45 bits per heavy atom. The van der Waals surface area contributed by atoms with Gasteiger partial charge in [-0.2, -0.15) is 0 Å². The van der Waals surface area contributed by atoms with Crippen LogP contribution in [0.25, 0.3) is 10.2 Å². The van der Waals surface area contributed by atoms with Gasteiger partial charge in [0.15, 0.2) is 5.78 Å². The molecule has 0 aliphatic heterocycles. The molecule has 7 heteroatoms. The van der Waals surface area contributed by atoms with Crippen molar-refractivity contribution in [3.8, 4) is 0 Å². The maximum Gasteiger partial charge on any atom is 0.224 e. The summed E-state index contributed by atoms with van der Waals surface area (Å²) < 4.78 is 1.12. The number of hydrogen-bond donors (Lipinski definition) is 1.